The van der Waals surface area contributed by atoms with Gasteiger partial charge in [-0.25, -0.2) is 0 Å². The summed E-state index contributed by atoms with van der Waals surface area (Å²) in [4.78, 5) is 0. The van der Waals surface area contributed by atoms with Crippen molar-refractivity contribution in [3.05, 3.63) is 0 Å². The third kappa shape index (κ3) is 2.87. The van der Waals surface area contributed by atoms with Crippen LogP contribution in [0, 0.1) is 0 Å². The second-order valence-corrected chi connectivity index (χ2v) is 3.47. The van der Waals surface area contributed by atoms with Gasteiger partial charge in [-0.3, -0.25) is 0 Å². The van der Waals surface area contributed by atoms with Crippen molar-refractivity contribution in [2.24, 2.45) is 0 Å². The molecule has 0 aromatic rings. The van der Waals surface area contributed by atoms with Crippen LogP contribution >= 0.6 is 0 Å². The van der Waals surface area contributed by atoms with E-state index in [-0.39, 0.29) is 0 Å². The summed E-state index contributed by atoms with van der Waals surface area (Å²) in [6, 6.07) is 0. The van der Waals surface area contributed by atoms with Crippen molar-refractivity contribution in [1.82, 2.24) is 0 Å². The van der Waals surface area contributed by atoms with E-state index < -0.39 is 50.2 Å². The molecule has 6 atom stereocenters. The van der Waals surface area contributed by atoms with Gasteiger partial charge < -0.3 is 40.1 Å². The Morgan fingerprint density at radius 2 is 1.69 bits per heavy atom. The summed E-state index contributed by atoms with van der Waals surface area (Å²) in [6.07, 6.45) is -8.75. The second-order valence-electron chi connectivity index (χ2n) is 3.47. The van der Waals surface area contributed by atoms with Crippen molar-refractivity contribution in [3.63, 3.8) is 0 Å². The van der Waals surface area contributed by atoms with Crippen LogP contribution < -0.4 is 0 Å². The molecule has 6 N–H and O–H groups in total. The molecule has 8 nitrogen and oxygen atoms in total. The maximum absolute atomic E-state index is 9.43. The molecule has 96 valence electrons. The Bertz CT molecular complexity index is 210. The predicted octanol–water partition coefficient (Wildman–Crippen LogP) is -3.89. The number of aliphatic hydroxyl groups is 6. The minimum Gasteiger partial charge on any atom is -0.394 e. The number of ether oxygens (including phenoxy) is 2. The van der Waals surface area contributed by atoms with Crippen LogP contribution in [0.5, 0.6) is 0 Å². The highest BCUT2D eigenvalue weighted by Gasteiger charge is 2.44. The number of hydrogen-bond acceptors (Lipinski definition) is 8. The predicted molar refractivity (Wildman–Crippen MR) is 47.9 cm³/mol. The highest BCUT2D eigenvalue weighted by molar-refractivity contribution is 4.88. The molecule has 1 aliphatic rings. The molecule has 8 heteroatoms. The number of aliphatic hydroxyl groups excluding tert-OH is 6. The number of rotatable bonds is 4. The lowest BCUT2D eigenvalue weighted by Gasteiger charge is -2.40. The molecule has 0 saturated carbocycles. The zero-order valence-corrected chi connectivity index (χ0v) is 8.38. The standard InChI is InChI=1S/C8H16O8/c9-1-3-5(12)6(13)7(14)8(15-3)16-4(11)2-10/h3-14H,1-2H2/t3?,4?,5-,6+,7?,8+/m1/s1. The summed E-state index contributed by atoms with van der Waals surface area (Å²) >= 11 is 0. The summed E-state index contributed by atoms with van der Waals surface area (Å²) in [7, 11) is 0. The lowest BCUT2D eigenvalue weighted by molar-refractivity contribution is -0.334. The summed E-state index contributed by atoms with van der Waals surface area (Å²) in [5.74, 6) is 0. The fourth-order valence-electron chi connectivity index (χ4n) is 1.38. The summed E-state index contributed by atoms with van der Waals surface area (Å²) in [5, 5.41) is 54.5. The zero-order valence-electron chi connectivity index (χ0n) is 8.38. The lowest BCUT2D eigenvalue weighted by atomic mass is 9.99. The van der Waals surface area contributed by atoms with Crippen molar-refractivity contribution in [1.29, 1.82) is 0 Å². The average Bonchev–Trinajstić information content (AvgIpc) is 2.29. The molecule has 1 aliphatic heterocycles. The third-order valence-electron chi connectivity index (χ3n) is 2.30. The minimum atomic E-state index is -1.58. The molecule has 0 radical (unpaired) electrons. The van der Waals surface area contributed by atoms with Gasteiger partial charge >= 0.3 is 0 Å². The Balaban J connectivity index is 2.63. The quantitative estimate of drug-likeness (QED) is 0.274. The first-order valence-corrected chi connectivity index (χ1v) is 4.76. The average molecular weight is 240 g/mol. The van der Waals surface area contributed by atoms with E-state index in [0.29, 0.717) is 0 Å². The van der Waals surface area contributed by atoms with Crippen LogP contribution in [0.25, 0.3) is 0 Å². The maximum atomic E-state index is 9.43. The monoisotopic (exact) mass is 240 g/mol. The first-order valence-electron chi connectivity index (χ1n) is 4.76. The molecular weight excluding hydrogens is 224 g/mol. The third-order valence-corrected chi connectivity index (χ3v) is 2.30. The first-order chi connectivity index (χ1) is 7.51. The molecule has 3 unspecified atom stereocenters. The normalized spacial score (nSPS) is 42.0. The van der Waals surface area contributed by atoms with Crippen molar-refractivity contribution in [2.75, 3.05) is 13.2 Å². The molecule has 0 amide bonds. The minimum absolute atomic E-state index is 0.583. The van der Waals surface area contributed by atoms with Gasteiger partial charge in [-0.1, -0.05) is 0 Å². The molecule has 0 aliphatic carbocycles. The van der Waals surface area contributed by atoms with Crippen LogP contribution in [0.1, 0.15) is 0 Å². The molecule has 16 heavy (non-hydrogen) atoms. The Morgan fingerprint density at radius 3 is 2.19 bits per heavy atom. The van der Waals surface area contributed by atoms with Gasteiger partial charge in [-0.05, 0) is 0 Å². The van der Waals surface area contributed by atoms with Gasteiger partial charge in [0.1, 0.15) is 24.4 Å². The van der Waals surface area contributed by atoms with E-state index in [1.807, 2.05) is 0 Å². The largest absolute Gasteiger partial charge is 0.394 e. The lowest BCUT2D eigenvalue weighted by Crippen LogP contribution is -2.59. The summed E-state index contributed by atoms with van der Waals surface area (Å²) in [5.41, 5.74) is 0. The Morgan fingerprint density at radius 1 is 1.06 bits per heavy atom. The number of hydrogen-bond donors (Lipinski definition) is 6. The van der Waals surface area contributed by atoms with Crippen LogP contribution in [0.4, 0.5) is 0 Å². The van der Waals surface area contributed by atoms with Crippen LogP contribution in [0.15, 0.2) is 0 Å². The highest BCUT2D eigenvalue weighted by Crippen LogP contribution is 2.22. The van der Waals surface area contributed by atoms with Crippen LogP contribution in [-0.4, -0.2) is 80.8 Å². The van der Waals surface area contributed by atoms with Crippen LogP contribution in [-0.2, 0) is 9.47 Å². The Kier molecular flexibility index (Phi) is 5.02. The Hall–Kier alpha value is -0.320. The first kappa shape index (κ1) is 13.7. The van der Waals surface area contributed by atoms with E-state index in [1.165, 1.54) is 0 Å². The molecule has 0 spiro atoms. The van der Waals surface area contributed by atoms with E-state index in [1.54, 1.807) is 0 Å². The molecule has 1 fully saturated rings. The van der Waals surface area contributed by atoms with E-state index in [0.717, 1.165) is 0 Å². The van der Waals surface area contributed by atoms with E-state index in [2.05, 4.69) is 4.74 Å². The van der Waals surface area contributed by atoms with E-state index in [9.17, 15) is 15.3 Å². The van der Waals surface area contributed by atoms with Crippen LogP contribution in [0.3, 0.4) is 0 Å². The molecule has 1 heterocycles. The van der Waals surface area contributed by atoms with Crippen molar-refractivity contribution in [2.45, 2.75) is 37.0 Å². The van der Waals surface area contributed by atoms with Crippen LogP contribution in [0.2, 0.25) is 0 Å². The van der Waals surface area contributed by atoms with Gasteiger partial charge in [0.05, 0.1) is 13.2 Å². The molecule has 0 aromatic heterocycles. The van der Waals surface area contributed by atoms with Gasteiger partial charge in [0, 0.05) is 0 Å². The summed E-state index contributed by atoms with van der Waals surface area (Å²) < 4.78 is 9.55. The fraction of sp³-hybridized carbons (Fsp3) is 1.00. The van der Waals surface area contributed by atoms with Crippen molar-refractivity contribution in [3.8, 4) is 0 Å². The fourth-order valence-corrected chi connectivity index (χ4v) is 1.38. The summed E-state index contributed by atoms with van der Waals surface area (Å²) in [6.45, 7) is -1.30. The topological polar surface area (TPSA) is 140 Å². The zero-order chi connectivity index (χ0) is 12.3. The highest BCUT2D eigenvalue weighted by atomic mass is 16.7. The van der Waals surface area contributed by atoms with Gasteiger partial charge in [0.2, 0.25) is 0 Å². The second kappa shape index (κ2) is 5.84. The molecule has 1 rings (SSSR count). The SMILES string of the molecule is OCC(O)O[C@@H]1OC(CO)[C@@H](O)[C@H](O)C1O. The van der Waals surface area contributed by atoms with Crippen molar-refractivity contribution >= 4 is 0 Å². The van der Waals surface area contributed by atoms with E-state index >= 15 is 0 Å². The molecule has 0 bridgehead atoms. The van der Waals surface area contributed by atoms with Gasteiger partial charge in [-0.15, -0.1) is 0 Å². The van der Waals surface area contributed by atoms with Crippen molar-refractivity contribution < 1.29 is 40.1 Å². The molecular formula is C8H16O8. The van der Waals surface area contributed by atoms with Gasteiger partial charge in [0.25, 0.3) is 0 Å². The molecule has 0 aromatic carbocycles. The Labute approximate surface area is 91.3 Å². The van der Waals surface area contributed by atoms with Gasteiger partial charge in [-0.2, -0.15) is 0 Å². The van der Waals surface area contributed by atoms with Gasteiger partial charge in [0.15, 0.2) is 12.6 Å². The van der Waals surface area contributed by atoms with E-state index in [4.69, 9.17) is 20.1 Å². The smallest absolute Gasteiger partial charge is 0.189 e. The molecule has 1 saturated heterocycles. The maximum Gasteiger partial charge on any atom is 0.189 e.